The fraction of sp³-hybridized carbons (Fsp3) is 0.0556. The summed E-state index contributed by atoms with van der Waals surface area (Å²) in [5.41, 5.74) is 10.00. The third-order valence-corrected chi connectivity index (χ3v) is 7.34. The summed E-state index contributed by atoms with van der Waals surface area (Å²) in [5.74, 6) is 0.555. The molecule has 0 spiro atoms. The second-order valence-electron chi connectivity index (χ2n) is 9.81. The second-order valence-corrected chi connectivity index (χ2v) is 9.81. The van der Waals surface area contributed by atoms with Crippen LogP contribution in [0.5, 0.6) is 11.5 Å². The van der Waals surface area contributed by atoms with E-state index in [9.17, 15) is 10.2 Å². The van der Waals surface area contributed by atoms with Gasteiger partial charge in [0.1, 0.15) is 11.5 Å². The van der Waals surface area contributed by atoms with Crippen molar-refractivity contribution in [3.63, 3.8) is 0 Å². The minimum Gasteiger partial charge on any atom is -0.507 e. The molecule has 2 nitrogen and oxygen atoms in total. The first-order valence-electron chi connectivity index (χ1n) is 12.8. The van der Waals surface area contributed by atoms with E-state index in [0.29, 0.717) is 0 Å². The van der Waals surface area contributed by atoms with E-state index in [-0.39, 0.29) is 11.5 Å². The monoisotopic (exact) mass is 492 g/mol. The van der Waals surface area contributed by atoms with Crippen LogP contribution in [0, 0.1) is 13.8 Å². The summed E-state index contributed by atoms with van der Waals surface area (Å²) in [6, 6.07) is 40.7. The molecular weight excluding hydrogens is 464 g/mol. The molecular formula is C36H28O2. The van der Waals surface area contributed by atoms with E-state index in [2.05, 4.69) is 48.5 Å². The van der Waals surface area contributed by atoms with Crippen LogP contribution >= 0.6 is 0 Å². The van der Waals surface area contributed by atoms with Gasteiger partial charge in [-0.2, -0.15) is 0 Å². The van der Waals surface area contributed by atoms with E-state index in [4.69, 9.17) is 0 Å². The Labute approximate surface area is 223 Å². The maximum absolute atomic E-state index is 10.8. The molecule has 0 aliphatic carbocycles. The van der Waals surface area contributed by atoms with Gasteiger partial charge in [0.2, 0.25) is 0 Å². The summed E-state index contributed by atoms with van der Waals surface area (Å²) < 4.78 is 0. The van der Waals surface area contributed by atoms with Crippen LogP contribution in [0.2, 0.25) is 0 Å². The van der Waals surface area contributed by atoms with Gasteiger partial charge in [0, 0.05) is 11.1 Å². The Morgan fingerprint density at radius 3 is 1.24 bits per heavy atom. The van der Waals surface area contributed by atoms with Gasteiger partial charge in [-0.05, 0) is 93.4 Å². The van der Waals surface area contributed by atoms with E-state index in [1.165, 1.54) is 0 Å². The minimum absolute atomic E-state index is 0.278. The van der Waals surface area contributed by atoms with Gasteiger partial charge >= 0.3 is 0 Å². The van der Waals surface area contributed by atoms with E-state index in [1.54, 1.807) is 0 Å². The molecule has 0 unspecified atom stereocenters. The quantitative estimate of drug-likeness (QED) is 0.257. The lowest BCUT2D eigenvalue weighted by atomic mass is 9.86. The number of hydrogen-bond donors (Lipinski definition) is 2. The van der Waals surface area contributed by atoms with Crippen molar-refractivity contribution in [1.82, 2.24) is 0 Å². The first-order valence-corrected chi connectivity index (χ1v) is 12.8. The molecule has 38 heavy (non-hydrogen) atoms. The van der Waals surface area contributed by atoms with E-state index >= 15 is 0 Å². The third kappa shape index (κ3) is 4.10. The van der Waals surface area contributed by atoms with Gasteiger partial charge in [-0.3, -0.25) is 0 Å². The van der Waals surface area contributed by atoms with E-state index in [0.717, 1.165) is 66.4 Å². The predicted octanol–water partition coefficient (Wildman–Crippen LogP) is 9.54. The van der Waals surface area contributed by atoms with Crippen LogP contribution in [0.25, 0.3) is 55.3 Å². The maximum Gasteiger partial charge on any atom is 0.123 e. The topological polar surface area (TPSA) is 40.5 Å². The highest BCUT2D eigenvalue weighted by Crippen LogP contribution is 2.43. The highest BCUT2D eigenvalue weighted by molar-refractivity contribution is 6.08. The zero-order valence-corrected chi connectivity index (χ0v) is 21.4. The molecule has 184 valence electrons. The molecule has 0 fully saturated rings. The Morgan fingerprint density at radius 1 is 0.395 bits per heavy atom. The standard InChI is InChI=1S/C36H28O2/c1-23-19-34(37)32(25-11-5-3-6-12-25)21-30(23)28-17-9-15-27-16-10-18-29(36(27)28)31-22-33(35(38)20-24(31)2)26-13-7-4-8-14-26/h3-22,37-38H,1-2H3. The Morgan fingerprint density at radius 2 is 0.816 bits per heavy atom. The second kappa shape index (κ2) is 9.57. The van der Waals surface area contributed by atoms with Crippen LogP contribution in [-0.2, 0) is 0 Å². The zero-order valence-electron chi connectivity index (χ0n) is 21.4. The predicted molar refractivity (Wildman–Crippen MR) is 158 cm³/mol. The summed E-state index contributed by atoms with van der Waals surface area (Å²) >= 11 is 0. The normalized spacial score (nSPS) is 11.1. The molecule has 0 radical (unpaired) electrons. The molecule has 0 bridgehead atoms. The average Bonchev–Trinajstić information content (AvgIpc) is 2.94. The zero-order chi connectivity index (χ0) is 26.2. The van der Waals surface area contributed by atoms with Gasteiger partial charge in [0.05, 0.1) is 0 Å². The number of benzene rings is 6. The number of aromatic hydroxyl groups is 2. The lowest BCUT2D eigenvalue weighted by Crippen LogP contribution is -1.92. The van der Waals surface area contributed by atoms with Crippen molar-refractivity contribution in [2.45, 2.75) is 13.8 Å². The summed E-state index contributed by atoms with van der Waals surface area (Å²) in [5, 5.41) is 24.0. The molecule has 0 atom stereocenters. The minimum atomic E-state index is 0.278. The highest BCUT2D eigenvalue weighted by atomic mass is 16.3. The van der Waals surface area contributed by atoms with Crippen molar-refractivity contribution in [2.75, 3.05) is 0 Å². The Kier molecular flexibility index (Phi) is 5.94. The molecule has 0 saturated heterocycles. The van der Waals surface area contributed by atoms with Gasteiger partial charge in [0.25, 0.3) is 0 Å². The highest BCUT2D eigenvalue weighted by Gasteiger charge is 2.17. The number of rotatable bonds is 4. The molecule has 0 saturated carbocycles. The molecule has 0 amide bonds. The number of fused-ring (bicyclic) bond motifs is 1. The molecule has 0 aliphatic heterocycles. The average molecular weight is 493 g/mol. The van der Waals surface area contributed by atoms with E-state index < -0.39 is 0 Å². The molecule has 2 heteroatoms. The van der Waals surface area contributed by atoms with Crippen LogP contribution in [0.4, 0.5) is 0 Å². The Bertz CT molecular complexity index is 1650. The maximum atomic E-state index is 10.8. The molecule has 2 N–H and O–H groups in total. The first-order chi connectivity index (χ1) is 18.5. The third-order valence-electron chi connectivity index (χ3n) is 7.34. The van der Waals surface area contributed by atoms with Crippen molar-refractivity contribution < 1.29 is 10.2 Å². The van der Waals surface area contributed by atoms with Gasteiger partial charge in [-0.25, -0.2) is 0 Å². The molecule has 0 aromatic heterocycles. The van der Waals surface area contributed by atoms with Crippen molar-refractivity contribution in [3.05, 3.63) is 132 Å². The molecule has 6 aromatic carbocycles. The number of hydrogen-bond acceptors (Lipinski definition) is 2. The van der Waals surface area contributed by atoms with Crippen molar-refractivity contribution in [2.24, 2.45) is 0 Å². The van der Waals surface area contributed by atoms with Crippen LogP contribution in [-0.4, -0.2) is 10.2 Å². The summed E-state index contributed by atoms with van der Waals surface area (Å²) in [6.45, 7) is 4.09. The first kappa shape index (κ1) is 23.6. The van der Waals surface area contributed by atoms with Crippen LogP contribution in [0.1, 0.15) is 11.1 Å². The Hall–Kier alpha value is -4.82. The number of aryl methyl sites for hydroxylation is 2. The molecule has 6 rings (SSSR count). The fourth-order valence-electron chi connectivity index (χ4n) is 5.45. The van der Waals surface area contributed by atoms with Crippen LogP contribution < -0.4 is 0 Å². The fourth-order valence-corrected chi connectivity index (χ4v) is 5.45. The van der Waals surface area contributed by atoms with Gasteiger partial charge in [0.15, 0.2) is 0 Å². The van der Waals surface area contributed by atoms with Crippen molar-refractivity contribution >= 4 is 10.8 Å². The van der Waals surface area contributed by atoms with Gasteiger partial charge < -0.3 is 10.2 Å². The van der Waals surface area contributed by atoms with Crippen molar-refractivity contribution in [1.29, 1.82) is 0 Å². The van der Waals surface area contributed by atoms with Crippen LogP contribution in [0.3, 0.4) is 0 Å². The number of phenols is 2. The summed E-state index contributed by atoms with van der Waals surface area (Å²) in [4.78, 5) is 0. The van der Waals surface area contributed by atoms with Crippen molar-refractivity contribution in [3.8, 4) is 56.0 Å². The molecule has 0 heterocycles. The van der Waals surface area contributed by atoms with Gasteiger partial charge in [-0.1, -0.05) is 97.1 Å². The van der Waals surface area contributed by atoms with Gasteiger partial charge in [-0.15, -0.1) is 0 Å². The largest absolute Gasteiger partial charge is 0.507 e. The lowest BCUT2D eigenvalue weighted by molar-refractivity contribution is 0.476. The lowest BCUT2D eigenvalue weighted by Gasteiger charge is -2.18. The smallest absolute Gasteiger partial charge is 0.123 e. The Balaban J connectivity index is 1.62. The SMILES string of the molecule is Cc1cc(O)c(-c2ccccc2)cc1-c1cccc2cccc(-c3cc(-c4ccccc4)c(O)cc3C)c12. The summed E-state index contributed by atoms with van der Waals surface area (Å²) in [7, 11) is 0. The molecule has 6 aromatic rings. The van der Waals surface area contributed by atoms with E-state index in [1.807, 2.05) is 86.6 Å². The van der Waals surface area contributed by atoms with Crippen LogP contribution in [0.15, 0.2) is 121 Å². The summed E-state index contributed by atoms with van der Waals surface area (Å²) in [6.07, 6.45) is 0. The molecule has 0 aliphatic rings. The number of phenolic OH excluding ortho intramolecular Hbond substituents is 2.